The Labute approximate surface area is 110 Å². The summed E-state index contributed by atoms with van der Waals surface area (Å²) < 4.78 is 5.68. The average Bonchev–Trinajstić information content (AvgIpc) is 2.87. The van der Waals surface area contributed by atoms with Gasteiger partial charge in [-0.3, -0.25) is 0 Å². The number of nitrogens with zero attached hydrogens (tertiary/aromatic N) is 1. The van der Waals surface area contributed by atoms with Crippen LogP contribution in [0.5, 0.6) is 5.75 Å². The molecule has 1 N–H and O–H groups in total. The zero-order valence-corrected chi connectivity index (χ0v) is 11.3. The Hall–Kier alpha value is -1.06. The number of hydrogen-bond acceptors (Lipinski definition) is 3. The van der Waals surface area contributed by atoms with Gasteiger partial charge in [0.1, 0.15) is 12.4 Å². The van der Waals surface area contributed by atoms with Crippen molar-refractivity contribution < 1.29 is 4.74 Å². The van der Waals surface area contributed by atoms with Crippen molar-refractivity contribution in [2.24, 2.45) is 0 Å². The van der Waals surface area contributed by atoms with Crippen molar-refractivity contribution in [1.29, 1.82) is 0 Å². The van der Waals surface area contributed by atoms with Gasteiger partial charge in [0.15, 0.2) is 0 Å². The van der Waals surface area contributed by atoms with Crippen LogP contribution in [0.4, 0.5) is 0 Å². The number of rotatable bonds is 7. The Morgan fingerprint density at radius 1 is 1.22 bits per heavy atom. The third-order valence-electron chi connectivity index (χ3n) is 3.34. The molecule has 0 spiro atoms. The number of likely N-dealkylation sites (tertiary alicyclic amines) is 1. The van der Waals surface area contributed by atoms with E-state index in [0.29, 0.717) is 0 Å². The van der Waals surface area contributed by atoms with Gasteiger partial charge in [-0.25, -0.2) is 0 Å². The molecular formula is C15H24N2O. The third kappa shape index (κ3) is 4.67. The minimum atomic E-state index is 0.740. The molecule has 1 saturated heterocycles. The van der Waals surface area contributed by atoms with Crippen molar-refractivity contribution in [1.82, 2.24) is 10.2 Å². The van der Waals surface area contributed by atoms with Gasteiger partial charge in [0.25, 0.3) is 0 Å². The average molecular weight is 248 g/mol. The van der Waals surface area contributed by atoms with E-state index in [1.807, 2.05) is 12.1 Å². The van der Waals surface area contributed by atoms with E-state index < -0.39 is 0 Å². The second kappa shape index (κ2) is 7.39. The summed E-state index contributed by atoms with van der Waals surface area (Å²) in [5.41, 5.74) is 1.24. The topological polar surface area (TPSA) is 24.5 Å². The van der Waals surface area contributed by atoms with Crippen molar-refractivity contribution in [2.45, 2.75) is 19.8 Å². The molecule has 0 unspecified atom stereocenters. The SMILES string of the molecule is Cc1cccc(OCCNCCN2CCCC2)c1. The first-order valence-electron chi connectivity index (χ1n) is 6.97. The van der Waals surface area contributed by atoms with Gasteiger partial charge < -0.3 is 15.0 Å². The standard InChI is InChI=1S/C15H24N2O/c1-14-5-4-6-15(13-14)18-12-8-16-7-11-17-9-2-3-10-17/h4-6,13,16H,2-3,7-12H2,1H3. The van der Waals surface area contributed by atoms with Crippen LogP contribution in [0, 0.1) is 6.92 Å². The first-order chi connectivity index (χ1) is 8.84. The highest BCUT2D eigenvalue weighted by molar-refractivity contribution is 5.27. The molecule has 0 aromatic heterocycles. The molecule has 0 aliphatic carbocycles. The molecule has 0 radical (unpaired) electrons. The molecule has 1 aromatic rings. The number of ether oxygens (including phenoxy) is 1. The molecule has 100 valence electrons. The van der Waals surface area contributed by atoms with Crippen LogP contribution in [0.3, 0.4) is 0 Å². The fraction of sp³-hybridized carbons (Fsp3) is 0.600. The monoisotopic (exact) mass is 248 g/mol. The van der Waals surface area contributed by atoms with Crippen LogP contribution >= 0.6 is 0 Å². The summed E-state index contributed by atoms with van der Waals surface area (Å²) in [6.45, 7) is 8.54. The van der Waals surface area contributed by atoms with E-state index in [0.717, 1.165) is 25.4 Å². The normalized spacial score (nSPS) is 16.1. The second-order valence-corrected chi connectivity index (χ2v) is 4.96. The summed E-state index contributed by atoms with van der Waals surface area (Å²) in [4.78, 5) is 2.52. The van der Waals surface area contributed by atoms with E-state index in [1.165, 1.54) is 38.0 Å². The minimum absolute atomic E-state index is 0.740. The van der Waals surface area contributed by atoms with Crippen molar-refractivity contribution >= 4 is 0 Å². The van der Waals surface area contributed by atoms with Crippen molar-refractivity contribution in [2.75, 3.05) is 39.3 Å². The maximum atomic E-state index is 5.68. The predicted molar refractivity (Wildman–Crippen MR) is 75.2 cm³/mol. The zero-order valence-electron chi connectivity index (χ0n) is 11.3. The highest BCUT2D eigenvalue weighted by atomic mass is 16.5. The molecule has 2 rings (SSSR count). The smallest absolute Gasteiger partial charge is 0.119 e. The van der Waals surface area contributed by atoms with E-state index in [2.05, 4.69) is 29.3 Å². The fourth-order valence-corrected chi connectivity index (χ4v) is 2.31. The molecule has 18 heavy (non-hydrogen) atoms. The van der Waals surface area contributed by atoms with Gasteiger partial charge >= 0.3 is 0 Å². The first-order valence-corrected chi connectivity index (χ1v) is 6.97. The van der Waals surface area contributed by atoms with Gasteiger partial charge in [0.05, 0.1) is 0 Å². The maximum absolute atomic E-state index is 5.68. The lowest BCUT2D eigenvalue weighted by molar-refractivity contribution is 0.299. The molecule has 1 fully saturated rings. The van der Waals surface area contributed by atoms with Crippen LogP contribution in [0.15, 0.2) is 24.3 Å². The molecule has 3 heteroatoms. The summed E-state index contributed by atoms with van der Waals surface area (Å²) in [6, 6.07) is 8.20. The van der Waals surface area contributed by atoms with E-state index in [9.17, 15) is 0 Å². The quantitative estimate of drug-likeness (QED) is 0.748. The van der Waals surface area contributed by atoms with Crippen LogP contribution in [0.25, 0.3) is 0 Å². The molecule has 0 saturated carbocycles. The summed E-state index contributed by atoms with van der Waals surface area (Å²) in [5.74, 6) is 0.969. The van der Waals surface area contributed by atoms with E-state index in [4.69, 9.17) is 4.74 Å². The Balaban J connectivity index is 1.50. The summed E-state index contributed by atoms with van der Waals surface area (Å²) >= 11 is 0. The number of hydrogen-bond donors (Lipinski definition) is 1. The third-order valence-corrected chi connectivity index (χ3v) is 3.34. The Morgan fingerprint density at radius 2 is 2.06 bits per heavy atom. The van der Waals surface area contributed by atoms with E-state index in [1.54, 1.807) is 0 Å². The minimum Gasteiger partial charge on any atom is -0.492 e. The molecule has 0 amide bonds. The molecule has 1 heterocycles. The van der Waals surface area contributed by atoms with Crippen molar-refractivity contribution in [3.8, 4) is 5.75 Å². The molecule has 3 nitrogen and oxygen atoms in total. The van der Waals surface area contributed by atoms with Gasteiger partial charge in [0.2, 0.25) is 0 Å². The van der Waals surface area contributed by atoms with Crippen LogP contribution in [0.1, 0.15) is 18.4 Å². The number of benzene rings is 1. The molecule has 0 bridgehead atoms. The van der Waals surface area contributed by atoms with Crippen molar-refractivity contribution in [3.63, 3.8) is 0 Å². The van der Waals surface area contributed by atoms with Gasteiger partial charge in [-0.2, -0.15) is 0 Å². The summed E-state index contributed by atoms with van der Waals surface area (Å²) in [6.07, 6.45) is 2.74. The van der Waals surface area contributed by atoms with Gasteiger partial charge in [0, 0.05) is 19.6 Å². The van der Waals surface area contributed by atoms with Crippen LogP contribution in [-0.2, 0) is 0 Å². The van der Waals surface area contributed by atoms with Gasteiger partial charge in [-0.05, 0) is 50.6 Å². The fourth-order valence-electron chi connectivity index (χ4n) is 2.31. The highest BCUT2D eigenvalue weighted by Crippen LogP contribution is 2.11. The molecule has 1 aliphatic rings. The van der Waals surface area contributed by atoms with Crippen LogP contribution < -0.4 is 10.1 Å². The van der Waals surface area contributed by atoms with Crippen LogP contribution in [0.2, 0.25) is 0 Å². The lowest BCUT2D eigenvalue weighted by Crippen LogP contribution is -2.32. The van der Waals surface area contributed by atoms with Crippen LogP contribution in [-0.4, -0.2) is 44.2 Å². The summed E-state index contributed by atoms with van der Waals surface area (Å²) in [7, 11) is 0. The zero-order chi connectivity index (χ0) is 12.6. The Bertz CT molecular complexity index is 348. The number of nitrogens with one attached hydrogen (secondary N) is 1. The molecule has 1 aromatic carbocycles. The highest BCUT2D eigenvalue weighted by Gasteiger charge is 2.09. The van der Waals surface area contributed by atoms with Gasteiger partial charge in [-0.15, -0.1) is 0 Å². The van der Waals surface area contributed by atoms with E-state index in [-0.39, 0.29) is 0 Å². The lowest BCUT2D eigenvalue weighted by atomic mass is 10.2. The molecule has 1 aliphatic heterocycles. The first kappa shape index (κ1) is 13.4. The van der Waals surface area contributed by atoms with Gasteiger partial charge in [-0.1, -0.05) is 12.1 Å². The molecule has 0 atom stereocenters. The summed E-state index contributed by atoms with van der Waals surface area (Å²) in [5, 5.41) is 3.43. The largest absolute Gasteiger partial charge is 0.492 e. The number of aryl methyl sites for hydroxylation is 1. The maximum Gasteiger partial charge on any atom is 0.119 e. The Morgan fingerprint density at radius 3 is 2.83 bits per heavy atom. The second-order valence-electron chi connectivity index (χ2n) is 4.96. The van der Waals surface area contributed by atoms with Crippen molar-refractivity contribution in [3.05, 3.63) is 29.8 Å². The Kier molecular flexibility index (Phi) is 5.49. The predicted octanol–water partition coefficient (Wildman–Crippen LogP) is 2.06. The molecular weight excluding hydrogens is 224 g/mol. The lowest BCUT2D eigenvalue weighted by Gasteiger charge is -2.14. The van der Waals surface area contributed by atoms with E-state index >= 15 is 0 Å².